The van der Waals surface area contributed by atoms with Crippen molar-refractivity contribution in [2.45, 2.75) is 119 Å². The van der Waals surface area contributed by atoms with Crippen LogP contribution in [0.15, 0.2) is 66.7 Å². The Morgan fingerprint density at radius 3 is 2.29 bits per heavy atom. The summed E-state index contributed by atoms with van der Waals surface area (Å²) in [4.78, 5) is 146. The van der Waals surface area contributed by atoms with E-state index >= 15 is 0 Å². The Kier molecular flexibility index (Phi) is 18.7. The quantitative estimate of drug-likeness (QED) is 0.0360. The molecule has 458 valence electrons. The number of imide groups is 1. The lowest BCUT2D eigenvalue weighted by molar-refractivity contribution is -0.144. The molecule has 0 saturated carbocycles. The third-order valence-corrected chi connectivity index (χ3v) is 18.3. The Balaban J connectivity index is 0.860. The van der Waals surface area contributed by atoms with E-state index in [1.54, 1.807) is 30.1 Å². The molecule has 4 aromatic rings. The summed E-state index contributed by atoms with van der Waals surface area (Å²) in [6.45, 7) is 0.130. The van der Waals surface area contributed by atoms with Gasteiger partial charge in [-0.15, -0.1) is 11.3 Å². The van der Waals surface area contributed by atoms with Gasteiger partial charge >= 0.3 is 25.5 Å². The number of rotatable bonds is 16. The lowest BCUT2D eigenvalue weighted by atomic mass is 9.91. The molecule has 4 fully saturated rings. The molecule has 3 aromatic carbocycles. The molecule has 1 aromatic heterocycles. The number of carbonyl (C=O) groups is 9. The van der Waals surface area contributed by atoms with Crippen LogP contribution in [0.25, 0.3) is 10.1 Å². The van der Waals surface area contributed by atoms with Crippen LogP contribution in [0.4, 0.5) is 26.7 Å². The minimum absolute atomic E-state index is 0.0279. The summed E-state index contributed by atoms with van der Waals surface area (Å²) in [5.41, 5.74) is 0.842. The van der Waals surface area contributed by atoms with Crippen molar-refractivity contribution >= 4 is 82.4 Å². The number of amides is 9. The first-order valence-electron chi connectivity index (χ1n) is 27.7. The van der Waals surface area contributed by atoms with Crippen molar-refractivity contribution in [3.63, 3.8) is 0 Å². The second-order valence-electron chi connectivity index (χ2n) is 22.0. The third-order valence-electron chi connectivity index (χ3n) is 16.2. The van der Waals surface area contributed by atoms with E-state index in [1.807, 2.05) is 0 Å². The Bertz CT molecular complexity index is 3470. The van der Waals surface area contributed by atoms with Gasteiger partial charge in [0, 0.05) is 72.9 Å². The zero-order valence-corrected chi connectivity index (χ0v) is 47.9. The number of halogens is 5. The van der Waals surface area contributed by atoms with E-state index in [9.17, 15) is 79.5 Å². The number of hydrogen-bond acceptors (Lipinski definition) is 13. The Hall–Kier alpha value is -7.83. The molecule has 6 atom stereocenters. The molecule has 0 radical (unpaired) electrons. The van der Waals surface area contributed by atoms with Crippen LogP contribution in [-0.2, 0) is 62.9 Å². The van der Waals surface area contributed by atoms with Crippen LogP contribution in [-0.4, -0.2) is 159 Å². The highest BCUT2D eigenvalue weighted by atomic mass is 32.1. The maximum Gasteiger partial charge on any atom is 0.416 e. The van der Waals surface area contributed by atoms with Gasteiger partial charge in [-0.3, -0.25) is 48.2 Å². The van der Waals surface area contributed by atoms with Crippen LogP contribution in [0.5, 0.6) is 0 Å². The van der Waals surface area contributed by atoms with Crippen LogP contribution >= 0.6 is 18.9 Å². The number of likely N-dealkylation sites (N-methyl/N-ethyl adjacent to an activating group) is 1. The average molecular weight is 1240 g/mol. The highest BCUT2D eigenvalue weighted by Crippen LogP contribution is 2.59. The molecular formula is C57H61F5N9O13PS. The van der Waals surface area contributed by atoms with Gasteiger partial charge in [0.2, 0.25) is 35.4 Å². The number of nitrogens with one attached hydrogen (secondary N) is 4. The van der Waals surface area contributed by atoms with E-state index < -0.39 is 121 Å². The summed E-state index contributed by atoms with van der Waals surface area (Å²) in [7, 11) is -4.19. The summed E-state index contributed by atoms with van der Waals surface area (Å²) in [5, 5.41) is 10.2. The number of alkyl halides is 5. The first-order valence-corrected chi connectivity index (χ1v) is 30.1. The maximum absolute atomic E-state index is 14.6. The summed E-state index contributed by atoms with van der Waals surface area (Å²) in [6.07, 6.45) is -3.04. The maximum atomic E-state index is 14.6. The van der Waals surface area contributed by atoms with Crippen molar-refractivity contribution in [3.05, 3.63) is 105 Å². The van der Waals surface area contributed by atoms with Crippen molar-refractivity contribution in [1.82, 2.24) is 40.9 Å². The van der Waals surface area contributed by atoms with Crippen LogP contribution in [0.3, 0.4) is 0 Å². The Morgan fingerprint density at radius 1 is 0.884 bits per heavy atom. The third kappa shape index (κ3) is 14.0. The number of likely N-dealkylation sites (tertiary alicyclic amines) is 1. The number of primary amides is 1. The number of hydrogen-bond donors (Lipinski definition) is 7. The molecule has 5 aliphatic rings. The number of thiophene rings is 1. The highest BCUT2D eigenvalue weighted by Gasteiger charge is 2.51. The van der Waals surface area contributed by atoms with Crippen LogP contribution in [0.1, 0.15) is 106 Å². The predicted molar refractivity (Wildman–Crippen MR) is 297 cm³/mol. The fraction of sp³-hybridized carbons (Fsp3) is 0.456. The fourth-order valence-electron chi connectivity index (χ4n) is 11.6. The number of fused-ring (bicyclic) bond motifs is 3. The summed E-state index contributed by atoms with van der Waals surface area (Å²) < 4.78 is 86.8. The zero-order chi connectivity index (χ0) is 62.0. The van der Waals surface area contributed by atoms with Crippen LogP contribution in [0, 0.1) is 17.8 Å². The van der Waals surface area contributed by atoms with Gasteiger partial charge in [-0.25, -0.2) is 4.79 Å². The number of nitrogens with zero attached hydrogens (tertiary/aromatic N) is 4. The summed E-state index contributed by atoms with van der Waals surface area (Å²) >= 11 is 0.871. The van der Waals surface area contributed by atoms with E-state index in [4.69, 9.17) is 10.5 Å². The van der Waals surface area contributed by atoms with Gasteiger partial charge in [-0.2, -0.15) is 22.0 Å². The van der Waals surface area contributed by atoms with E-state index in [1.165, 1.54) is 26.8 Å². The molecule has 0 aliphatic carbocycles. The normalized spacial score (nSPS) is 21.3. The van der Waals surface area contributed by atoms with Crippen molar-refractivity contribution < 1.29 is 84.2 Å². The molecule has 29 heteroatoms. The highest BCUT2D eigenvalue weighted by molar-refractivity contribution is 7.52. The first-order chi connectivity index (χ1) is 40.7. The molecule has 9 amide bonds. The van der Waals surface area contributed by atoms with Crippen LogP contribution in [0.2, 0.25) is 0 Å². The molecule has 5 aliphatic heterocycles. The molecular weight excluding hydrogens is 1180 g/mol. The molecule has 8 N–H and O–H groups in total. The van der Waals surface area contributed by atoms with Crippen molar-refractivity contribution in [2.75, 3.05) is 39.8 Å². The molecule has 0 bridgehead atoms. The van der Waals surface area contributed by atoms with Gasteiger partial charge in [-0.1, -0.05) is 36.1 Å². The molecule has 86 heavy (non-hydrogen) atoms. The van der Waals surface area contributed by atoms with Gasteiger partial charge in [0.25, 0.3) is 11.8 Å². The minimum atomic E-state index is -5.90. The molecule has 9 rings (SSSR count). The second kappa shape index (κ2) is 25.6. The standard InChI is InChI=1S/C57H61F5N9O13PS/c1-68-22-21-37-14-15-44(71(37)54(79)41(29-68)65-51(76)46-27-34-26-36(13-17-45(34)86-46)57(61,62)85(81,82)83)50(75)66-42(30-84-55(63)80)48(73)64-40(25-32-9-11-35(12-10-32)56(58,59)60)53(78)69-23-19-31(20-24-69)5-2-3-6-33-7-4-8-38-39(33)28-70(52(38)77)43-16-18-47(72)67-49(43)74/h4,7-13,17,26-27,31,37,40-44H,2,5,14-16,18-25,28-30H2,1H3,(H2,63,80)(H,64,73)(H,65,76)(H,66,75)(H,67,72,74)(H2,81,82,83)/t37-,40+,41+,42+,43?,44+/m1/s1. The number of carbonyl (C=O) groups excluding carboxylic acids is 9. The average Bonchev–Trinajstić information content (AvgIpc) is 2.18. The van der Waals surface area contributed by atoms with E-state index in [2.05, 4.69) is 33.1 Å². The van der Waals surface area contributed by atoms with Crippen molar-refractivity contribution in [2.24, 2.45) is 11.7 Å². The van der Waals surface area contributed by atoms with Crippen molar-refractivity contribution in [1.29, 1.82) is 0 Å². The number of benzene rings is 3. The molecule has 0 spiro atoms. The largest absolute Gasteiger partial charge is 0.447 e. The Morgan fingerprint density at radius 2 is 1.60 bits per heavy atom. The number of nitrogens with two attached hydrogens (primary N) is 1. The zero-order valence-electron chi connectivity index (χ0n) is 46.2. The van der Waals surface area contributed by atoms with Gasteiger partial charge < -0.3 is 55.8 Å². The van der Waals surface area contributed by atoms with Gasteiger partial charge in [0.1, 0.15) is 36.8 Å². The molecule has 4 saturated heterocycles. The lowest BCUT2D eigenvalue weighted by Crippen LogP contribution is -2.62. The first kappa shape index (κ1) is 62.7. The van der Waals surface area contributed by atoms with E-state index in [-0.39, 0.29) is 79.5 Å². The number of ether oxygens (including phenoxy) is 1. The minimum Gasteiger partial charge on any atom is -0.447 e. The Labute approximate surface area is 492 Å². The molecule has 6 heterocycles. The fourth-order valence-corrected chi connectivity index (χ4v) is 13.0. The van der Waals surface area contributed by atoms with Crippen LogP contribution < -0.4 is 27.0 Å². The topological polar surface area (TPSA) is 307 Å². The predicted octanol–water partition coefficient (Wildman–Crippen LogP) is 4.08. The summed E-state index contributed by atoms with van der Waals surface area (Å²) in [5.74, 6) is 1.23. The number of piperidine rings is 2. The second-order valence-corrected chi connectivity index (χ2v) is 24.7. The van der Waals surface area contributed by atoms with Gasteiger partial charge in [0.15, 0.2) is 0 Å². The summed E-state index contributed by atoms with van der Waals surface area (Å²) in [6, 6.07) is 6.23. The lowest BCUT2D eigenvalue weighted by Gasteiger charge is -2.38. The van der Waals surface area contributed by atoms with Crippen molar-refractivity contribution in [3.8, 4) is 11.8 Å². The smallest absolute Gasteiger partial charge is 0.416 e. The van der Waals surface area contributed by atoms with Gasteiger partial charge in [0.05, 0.1) is 10.4 Å². The molecule has 22 nitrogen and oxygen atoms in total. The monoisotopic (exact) mass is 1240 g/mol. The van der Waals surface area contributed by atoms with Gasteiger partial charge in [-0.05, 0) is 123 Å². The SMILES string of the molecule is CN1CC[C@H]2CC[C@@H](C(=O)N[C@@H](COC(N)=O)C(=O)N[C@@H](Cc3ccc(C(F)(F)F)cc3)C(=O)N3CCC(CCC#Cc4cccc5c4CN(C4CCC(=O)NC4=O)C5=O)CC3)N2C(=O)[C@@H](NC(=O)c2cc3cc(C(F)(F)P(=O)(O)O)ccc3s2)C1. The molecule has 1 unspecified atom stereocenters. The van der Waals surface area contributed by atoms with E-state index in [0.29, 0.717) is 66.5 Å². The van der Waals surface area contributed by atoms with E-state index in [0.717, 1.165) is 47.7 Å².